The first-order chi connectivity index (χ1) is 7.50. The molecule has 0 fully saturated rings. The van der Waals surface area contributed by atoms with Crippen LogP contribution in [0.5, 0.6) is 0 Å². The van der Waals surface area contributed by atoms with Gasteiger partial charge in [0.05, 0.1) is 5.56 Å². The van der Waals surface area contributed by atoms with Crippen LogP contribution >= 0.6 is 0 Å². The standard InChI is InChI=1S/C12H11NO3/c1-7(14)10-5-8(12(15)16)6-11-9(10)3-4-13(11)2/h3-6H,1-2H3,(H,15,16). The van der Waals surface area contributed by atoms with E-state index < -0.39 is 5.97 Å². The van der Waals surface area contributed by atoms with Crippen LogP contribution in [0.15, 0.2) is 24.4 Å². The molecular formula is C12H11NO3. The van der Waals surface area contributed by atoms with Crippen LogP contribution in [0.4, 0.5) is 0 Å². The van der Waals surface area contributed by atoms with Gasteiger partial charge in [-0.2, -0.15) is 0 Å². The first-order valence-corrected chi connectivity index (χ1v) is 4.84. The van der Waals surface area contributed by atoms with Gasteiger partial charge in [0.2, 0.25) is 0 Å². The lowest BCUT2D eigenvalue weighted by Crippen LogP contribution is -2.02. The van der Waals surface area contributed by atoms with E-state index in [9.17, 15) is 9.59 Å². The maximum Gasteiger partial charge on any atom is 0.335 e. The molecule has 2 aromatic rings. The molecule has 0 aliphatic carbocycles. The summed E-state index contributed by atoms with van der Waals surface area (Å²) >= 11 is 0. The molecule has 16 heavy (non-hydrogen) atoms. The van der Waals surface area contributed by atoms with Gasteiger partial charge in [0.25, 0.3) is 0 Å². The van der Waals surface area contributed by atoms with Crippen LogP contribution in [0.3, 0.4) is 0 Å². The molecule has 0 spiro atoms. The Kier molecular flexibility index (Phi) is 2.27. The Morgan fingerprint density at radius 3 is 2.56 bits per heavy atom. The van der Waals surface area contributed by atoms with Gasteiger partial charge in [-0.3, -0.25) is 4.79 Å². The highest BCUT2D eigenvalue weighted by molar-refractivity contribution is 6.09. The number of rotatable bonds is 2. The number of carboxylic acids is 1. The predicted octanol–water partition coefficient (Wildman–Crippen LogP) is 2.08. The van der Waals surface area contributed by atoms with Crippen LogP contribution in [0.2, 0.25) is 0 Å². The smallest absolute Gasteiger partial charge is 0.335 e. The van der Waals surface area contributed by atoms with Gasteiger partial charge in [-0.15, -0.1) is 0 Å². The molecule has 0 aliphatic rings. The lowest BCUT2D eigenvalue weighted by Gasteiger charge is -2.03. The van der Waals surface area contributed by atoms with Crippen LogP contribution in [-0.4, -0.2) is 21.4 Å². The first-order valence-electron chi connectivity index (χ1n) is 4.84. The fraction of sp³-hybridized carbons (Fsp3) is 0.167. The number of aromatic nitrogens is 1. The second-order valence-electron chi connectivity index (χ2n) is 3.74. The number of carbonyl (C=O) groups excluding carboxylic acids is 1. The maximum absolute atomic E-state index is 11.4. The quantitative estimate of drug-likeness (QED) is 0.783. The third-order valence-corrected chi connectivity index (χ3v) is 2.63. The molecule has 1 N–H and O–H groups in total. The van der Waals surface area contributed by atoms with Crippen molar-refractivity contribution < 1.29 is 14.7 Å². The van der Waals surface area contributed by atoms with Crippen molar-refractivity contribution in [1.29, 1.82) is 0 Å². The van der Waals surface area contributed by atoms with Crippen molar-refractivity contribution >= 4 is 22.7 Å². The summed E-state index contributed by atoms with van der Waals surface area (Å²) in [5.41, 5.74) is 1.35. The van der Waals surface area contributed by atoms with Crippen LogP contribution in [0.1, 0.15) is 27.6 Å². The minimum atomic E-state index is -1.02. The fourth-order valence-electron chi connectivity index (χ4n) is 1.79. The number of nitrogens with zero attached hydrogens (tertiary/aromatic N) is 1. The summed E-state index contributed by atoms with van der Waals surface area (Å²) in [6, 6.07) is 4.81. The summed E-state index contributed by atoms with van der Waals surface area (Å²) in [4.78, 5) is 22.4. The summed E-state index contributed by atoms with van der Waals surface area (Å²) in [6.45, 7) is 1.44. The third kappa shape index (κ3) is 1.48. The van der Waals surface area contributed by atoms with Crippen molar-refractivity contribution in [3.05, 3.63) is 35.5 Å². The number of carbonyl (C=O) groups is 2. The van der Waals surface area contributed by atoms with Crippen molar-refractivity contribution in [3.63, 3.8) is 0 Å². The SMILES string of the molecule is CC(=O)c1cc(C(=O)O)cc2c1ccn2C. The molecule has 0 atom stereocenters. The molecular weight excluding hydrogens is 206 g/mol. The highest BCUT2D eigenvalue weighted by Crippen LogP contribution is 2.22. The Bertz CT molecular complexity index is 596. The summed E-state index contributed by atoms with van der Waals surface area (Å²) in [5.74, 6) is -1.15. The van der Waals surface area contributed by atoms with E-state index in [4.69, 9.17) is 5.11 Å². The molecule has 0 bridgehead atoms. The second-order valence-corrected chi connectivity index (χ2v) is 3.74. The molecule has 4 heteroatoms. The van der Waals surface area contributed by atoms with E-state index in [2.05, 4.69) is 0 Å². The Balaban J connectivity index is 2.86. The lowest BCUT2D eigenvalue weighted by atomic mass is 10.0. The average molecular weight is 217 g/mol. The van der Waals surface area contributed by atoms with E-state index in [0.717, 1.165) is 10.9 Å². The molecule has 0 aliphatic heterocycles. The van der Waals surface area contributed by atoms with Gasteiger partial charge in [-0.25, -0.2) is 4.79 Å². The predicted molar refractivity (Wildman–Crippen MR) is 59.9 cm³/mol. The number of aryl methyl sites for hydroxylation is 1. The summed E-state index contributed by atoms with van der Waals surface area (Å²) < 4.78 is 1.80. The number of carboxylic acid groups (broad SMARTS) is 1. The second kappa shape index (κ2) is 3.48. The molecule has 0 saturated heterocycles. The summed E-state index contributed by atoms with van der Waals surface area (Å²) in [7, 11) is 1.82. The monoisotopic (exact) mass is 217 g/mol. The van der Waals surface area contributed by atoms with Crippen LogP contribution in [0.25, 0.3) is 10.9 Å². The number of fused-ring (bicyclic) bond motifs is 1. The Morgan fingerprint density at radius 2 is 2.00 bits per heavy atom. The third-order valence-electron chi connectivity index (χ3n) is 2.63. The van der Waals surface area contributed by atoms with Gasteiger partial charge in [0, 0.05) is 29.7 Å². The maximum atomic E-state index is 11.4. The van der Waals surface area contributed by atoms with Crippen LogP contribution in [0, 0.1) is 0 Å². The van der Waals surface area contributed by atoms with E-state index >= 15 is 0 Å². The highest BCUT2D eigenvalue weighted by Gasteiger charge is 2.13. The molecule has 1 aromatic carbocycles. The van der Waals surface area contributed by atoms with Crippen molar-refractivity contribution in [2.24, 2.45) is 7.05 Å². The first kappa shape index (κ1) is 10.4. The van der Waals surface area contributed by atoms with Gasteiger partial charge < -0.3 is 9.67 Å². The molecule has 1 heterocycles. The number of Topliss-reactive ketones (excluding diaryl/α,β-unsaturated/α-hetero) is 1. The Morgan fingerprint density at radius 1 is 1.31 bits per heavy atom. The zero-order chi connectivity index (χ0) is 11.9. The van der Waals surface area contributed by atoms with E-state index in [0.29, 0.717) is 5.56 Å². The zero-order valence-electron chi connectivity index (χ0n) is 9.02. The topological polar surface area (TPSA) is 59.3 Å². The van der Waals surface area contributed by atoms with Crippen LogP contribution in [-0.2, 0) is 7.05 Å². The van der Waals surface area contributed by atoms with Crippen molar-refractivity contribution in [2.45, 2.75) is 6.92 Å². The molecule has 0 unspecified atom stereocenters. The molecule has 2 rings (SSSR count). The van der Waals surface area contributed by atoms with Gasteiger partial charge in [-0.05, 0) is 25.1 Å². The lowest BCUT2D eigenvalue weighted by molar-refractivity contribution is 0.0697. The van der Waals surface area contributed by atoms with Crippen molar-refractivity contribution in [2.75, 3.05) is 0 Å². The van der Waals surface area contributed by atoms with Gasteiger partial charge in [0.1, 0.15) is 0 Å². The number of ketones is 1. The highest BCUT2D eigenvalue weighted by atomic mass is 16.4. The molecule has 0 saturated carbocycles. The van der Waals surface area contributed by atoms with E-state index in [1.807, 2.05) is 19.3 Å². The molecule has 0 amide bonds. The molecule has 4 nitrogen and oxygen atoms in total. The number of aromatic carboxylic acids is 1. The van der Waals surface area contributed by atoms with Crippen LogP contribution < -0.4 is 0 Å². The molecule has 82 valence electrons. The number of hydrogen-bond donors (Lipinski definition) is 1. The zero-order valence-corrected chi connectivity index (χ0v) is 9.02. The minimum Gasteiger partial charge on any atom is -0.478 e. The van der Waals surface area contributed by atoms with Crippen molar-refractivity contribution in [3.8, 4) is 0 Å². The van der Waals surface area contributed by atoms with Crippen molar-refractivity contribution in [1.82, 2.24) is 4.57 Å². The largest absolute Gasteiger partial charge is 0.478 e. The number of benzene rings is 1. The Labute approximate surface area is 92.1 Å². The molecule has 1 aromatic heterocycles. The summed E-state index contributed by atoms with van der Waals surface area (Å²) in [5, 5.41) is 9.75. The number of hydrogen-bond acceptors (Lipinski definition) is 2. The van der Waals surface area contributed by atoms with E-state index in [-0.39, 0.29) is 11.3 Å². The average Bonchev–Trinajstić information content (AvgIpc) is 2.59. The van der Waals surface area contributed by atoms with Gasteiger partial charge >= 0.3 is 5.97 Å². The minimum absolute atomic E-state index is 0.126. The van der Waals surface area contributed by atoms with E-state index in [1.54, 1.807) is 10.6 Å². The fourth-order valence-corrected chi connectivity index (χ4v) is 1.79. The van der Waals surface area contributed by atoms with E-state index in [1.165, 1.54) is 13.0 Å². The summed E-state index contributed by atoms with van der Waals surface area (Å²) in [6.07, 6.45) is 1.81. The molecule has 0 radical (unpaired) electrons. The Hall–Kier alpha value is -2.10. The van der Waals surface area contributed by atoms with Gasteiger partial charge in [-0.1, -0.05) is 0 Å². The normalized spacial score (nSPS) is 10.6. The van der Waals surface area contributed by atoms with Gasteiger partial charge in [0.15, 0.2) is 5.78 Å².